The summed E-state index contributed by atoms with van der Waals surface area (Å²) >= 11 is 0. The minimum atomic E-state index is -0.310. The molecule has 8 heteroatoms. The third-order valence-electron chi connectivity index (χ3n) is 5.60. The van der Waals surface area contributed by atoms with Crippen LogP contribution in [-0.4, -0.2) is 53.3 Å². The van der Waals surface area contributed by atoms with Gasteiger partial charge in [-0.15, -0.1) is 0 Å². The number of rotatable bonds is 8. The van der Waals surface area contributed by atoms with Crippen molar-refractivity contribution in [2.45, 2.75) is 46.1 Å². The molecule has 2 amide bonds. The Morgan fingerprint density at radius 2 is 1.51 bits per heavy atom. The standard InChI is InChI=1S/C27H34N4O4/c1-18(2)30(26(33)19-8-12-21(34-6)13-9-19)17-25(32)28-24-16-23(27(3,4)5)29-31(24)20-10-14-22(35-7)15-11-20/h8-16,18H,17H2,1-7H3,(H,28,32). The van der Waals surface area contributed by atoms with Gasteiger partial charge in [-0.05, 0) is 62.4 Å². The van der Waals surface area contributed by atoms with Gasteiger partial charge in [0.1, 0.15) is 23.9 Å². The van der Waals surface area contributed by atoms with Gasteiger partial charge >= 0.3 is 0 Å². The van der Waals surface area contributed by atoms with E-state index in [4.69, 9.17) is 14.6 Å². The van der Waals surface area contributed by atoms with Crippen molar-refractivity contribution in [2.24, 2.45) is 0 Å². The summed E-state index contributed by atoms with van der Waals surface area (Å²) in [5.41, 5.74) is 1.89. The molecule has 0 saturated heterocycles. The lowest BCUT2D eigenvalue weighted by Gasteiger charge is -2.26. The molecule has 0 fully saturated rings. The van der Waals surface area contributed by atoms with E-state index in [9.17, 15) is 9.59 Å². The number of nitrogens with zero attached hydrogens (tertiary/aromatic N) is 3. The van der Waals surface area contributed by atoms with E-state index in [0.29, 0.717) is 17.1 Å². The van der Waals surface area contributed by atoms with Crippen LogP contribution in [0.4, 0.5) is 5.82 Å². The van der Waals surface area contributed by atoms with E-state index in [1.165, 1.54) is 4.90 Å². The molecule has 0 spiro atoms. The largest absolute Gasteiger partial charge is 0.497 e. The maximum atomic E-state index is 13.1. The van der Waals surface area contributed by atoms with E-state index in [-0.39, 0.29) is 29.8 Å². The average Bonchev–Trinajstić information content (AvgIpc) is 3.26. The molecule has 0 aliphatic heterocycles. The van der Waals surface area contributed by atoms with Crippen LogP contribution in [0.25, 0.3) is 5.69 Å². The predicted molar refractivity (Wildman–Crippen MR) is 137 cm³/mol. The average molecular weight is 479 g/mol. The van der Waals surface area contributed by atoms with Gasteiger partial charge in [-0.2, -0.15) is 5.10 Å². The lowest BCUT2D eigenvalue weighted by atomic mass is 9.92. The topological polar surface area (TPSA) is 85.7 Å². The van der Waals surface area contributed by atoms with E-state index >= 15 is 0 Å². The van der Waals surface area contributed by atoms with Crippen molar-refractivity contribution < 1.29 is 19.1 Å². The molecule has 0 aliphatic rings. The predicted octanol–water partition coefficient (Wildman–Crippen LogP) is 4.68. The van der Waals surface area contributed by atoms with Crippen LogP contribution >= 0.6 is 0 Å². The highest BCUT2D eigenvalue weighted by Crippen LogP contribution is 2.27. The molecule has 1 aromatic heterocycles. The molecule has 0 saturated carbocycles. The van der Waals surface area contributed by atoms with Gasteiger partial charge in [0, 0.05) is 23.1 Å². The summed E-state index contributed by atoms with van der Waals surface area (Å²) < 4.78 is 12.1. The normalized spacial score (nSPS) is 11.3. The molecule has 1 heterocycles. The quantitative estimate of drug-likeness (QED) is 0.508. The maximum Gasteiger partial charge on any atom is 0.254 e. The number of amides is 2. The molecule has 186 valence electrons. The first-order valence-electron chi connectivity index (χ1n) is 11.5. The van der Waals surface area contributed by atoms with Gasteiger partial charge < -0.3 is 19.7 Å². The van der Waals surface area contributed by atoms with Crippen molar-refractivity contribution in [2.75, 3.05) is 26.1 Å². The fraction of sp³-hybridized carbons (Fsp3) is 0.370. The molecule has 8 nitrogen and oxygen atoms in total. The Morgan fingerprint density at radius 3 is 2.00 bits per heavy atom. The molecule has 3 rings (SSSR count). The number of methoxy groups -OCH3 is 2. The van der Waals surface area contributed by atoms with Crippen LogP contribution in [0.3, 0.4) is 0 Å². The van der Waals surface area contributed by atoms with Crippen LogP contribution in [0.1, 0.15) is 50.7 Å². The zero-order valence-corrected chi connectivity index (χ0v) is 21.5. The van der Waals surface area contributed by atoms with E-state index in [1.54, 1.807) is 43.2 Å². The third-order valence-corrected chi connectivity index (χ3v) is 5.60. The minimum Gasteiger partial charge on any atom is -0.497 e. The fourth-order valence-corrected chi connectivity index (χ4v) is 3.48. The zero-order valence-electron chi connectivity index (χ0n) is 21.5. The number of hydrogen-bond donors (Lipinski definition) is 1. The molecule has 0 atom stereocenters. The third kappa shape index (κ3) is 6.20. The smallest absolute Gasteiger partial charge is 0.254 e. The molecule has 1 N–H and O–H groups in total. The Balaban J connectivity index is 1.85. The first kappa shape index (κ1) is 25.8. The fourth-order valence-electron chi connectivity index (χ4n) is 3.48. The summed E-state index contributed by atoms with van der Waals surface area (Å²) in [4.78, 5) is 27.8. The van der Waals surface area contributed by atoms with Crippen molar-refractivity contribution in [3.63, 3.8) is 0 Å². The second-order valence-corrected chi connectivity index (χ2v) is 9.58. The van der Waals surface area contributed by atoms with E-state index in [1.807, 2.05) is 44.2 Å². The first-order chi connectivity index (χ1) is 16.5. The number of benzene rings is 2. The number of anilines is 1. The summed E-state index contributed by atoms with van der Waals surface area (Å²) in [6.07, 6.45) is 0. The molecule has 2 aromatic carbocycles. The van der Waals surface area contributed by atoms with Gasteiger partial charge in [0.15, 0.2) is 0 Å². The minimum absolute atomic E-state index is 0.0961. The molecule has 0 radical (unpaired) electrons. The second kappa shape index (κ2) is 10.6. The van der Waals surface area contributed by atoms with Crippen LogP contribution in [0, 0.1) is 0 Å². The second-order valence-electron chi connectivity index (χ2n) is 9.58. The number of carbonyl (C=O) groups excluding carboxylic acids is 2. The molecule has 0 unspecified atom stereocenters. The summed E-state index contributed by atoms with van der Waals surface area (Å²) in [5.74, 6) is 1.39. The molecule has 0 aliphatic carbocycles. The summed E-state index contributed by atoms with van der Waals surface area (Å²) in [7, 11) is 3.18. The molecular formula is C27H34N4O4. The van der Waals surface area contributed by atoms with Crippen LogP contribution in [0.2, 0.25) is 0 Å². The summed E-state index contributed by atoms with van der Waals surface area (Å²) in [6, 6.07) is 16.0. The Bertz CT molecular complexity index is 1160. The monoisotopic (exact) mass is 478 g/mol. The van der Waals surface area contributed by atoms with Gasteiger partial charge in [-0.25, -0.2) is 4.68 Å². The van der Waals surface area contributed by atoms with Crippen molar-refractivity contribution in [3.05, 3.63) is 65.9 Å². The molecule has 0 bridgehead atoms. The Morgan fingerprint density at radius 1 is 0.971 bits per heavy atom. The number of hydrogen-bond acceptors (Lipinski definition) is 5. The van der Waals surface area contributed by atoms with Gasteiger partial charge in [0.25, 0.3) is 5.91 Å². The highest BCUT2D eigenvalue weighted by Gasteiger charge is 2.25. The van der Waals surface area contributed by atoms with Crippen LogP contribution in [-0.2, 0) is 10.2 Å². The van der Waals surface area contributed by atoms with Crippen LogP contribution in [0.15, 0.2) is 54.6 Å². The summed E-state index contributed by atoms with van der Waals surface area (Å²) in [6.45, 7) is 9.86. The number of nitrogens with one attached hydrogen (secondary N) is 1. The Hall–Kier alpha value is -3.81. The lowest BCUT2D eigenvalue weighted by molar-refractivity contribution is -0.117. The van der Waals surface area contributed by atoms with Crippen molar-refractivity contribution in [1.29, 1.82) is 0 Å². The molecule has 3 aromatic rings. The van der Waals surface area contributed by atoms with Gasteiger partial charge in [0.05, 0.1) is 25.6 Å². The molecular weight excluding hydrogens is 444 g/mol. The first-order valence-corrected chi connectivity index (χ1v) is 11.5. The zero-order chi connectivity index (χ0) is 25.8. The van der Waals surface area contributed by atoms with Crippen molar-refractivity contribution in [3.8, 4) is 17.2 Å². The van der Waals surface area contributed by atoms with Gasteiger partial charge in [-0.1, -0.05) is 20.8 Å². The van der Waals surface area contributed by atoms with Crippen molar-refractivity contribution in [1.82, 2.24) is 14.7 Å². The highest BCUT2D eigenvalue weighted by atomic mass is 16.5. The van der Waals surface area contributed by atoms with Gasteiger partial charge in [0.2, 0.25) is 5.91 Å². The Labute approximate surface area is 206 Å². The lowest BCUT2D eigenvalue weighted by Crippen LogP contribution is -2.42. The van der Waals surface area contributed by atoms with E-state index in [0.717, 1.165) is 17.1 Å². The number of ether oxygens (including phenoxy) is 2. The van der Waals surface area contributed by atoms with E-state index < -0.39 is 0 Å². The van der Waals surface area contributed by atoms with E-state index in [2.05, 4.69) is 26.1 Å². The SMILES string of the molecule is COc1ccc(C(=O)N(CC(=O)Nc2cc(C(C)(C)C)nn2-c2ccc(OC)cc2)C(C)C)cc1. The highest BCUT2D eigenvalue weighted by molar-refractivity contribution is 5.99. The Kier molecular flexibility index (Phi) is 7.84. The number of aromatic nitrogens is 2. The maximum absolute atomic E-state index is 13.1. The number of carbonyl (C=O) groups is 2. The summed E-state index contributed by atoms with van der Waals surface area (Å²) in [5, 5.41) is 7.70. The van der Waals surface area contributed by atoms with Crippen LogP contribution in [0.5, 0.6) is 11.5 Å². The van der Waals surface area contributed by atoms with Crippen LogP contribution < -0.4 is 14.8 Å². The molecule has 35 heavy (non-hydrogen) atoms. The van der Waals surface area contributed by atoms with Gasteiger partial charge in [-0.3, -0.25) is 9.59 Å². The van der Waals surface area contributed by atoms with Crippen molar-refractivity contribution >= 4 is 17.6 Å².